The van der Waals surface area contributed by atoms with Gasteiger partial charge >= 0.3 is 5.63 Å². The molecule has 0 saturated carbocycles. The minimum Gasteiger partial charge on any atom is -0.497 e. The van der Waals surface area contributed by atoms with Gasteiger partial charge in [-0.25, -0.2) is 4.79 Å². The maximum atomic E-state index is 12.8. The molecule has 1 unspecified atom stereocenters. The van der Waals surface area contributed by atoms with Gasteiger partial charge in [-0.3, -0.25) is 0 Å². The maximum Gasteiger partial charge on any atom is 0.344 e. The second-order valence-electron chi connectivity index (χ2n) is 8.01. The Morgan fingerprint density at radius 1 is 0.848 bits per heavy atom. The lowest BCUT2D eigenvalue weighted by atomic mass is 9.65. The number of hydrogen-bond acceptors (Lipinski definition) is 6. The van der Waals surface area contributed by atoms with Gasteiger partial charge in [0.25, 0.3) is 0 Å². The molecule has 0 radical (unpaired) electrons. The first-order valence-corrected chi connectivity index (χ1v) is 10.9. The third-order valence-corrected chi connectivity index (χ3v) is 6.01. The van der Waals surface area contributed by atoms with Gasteiger partial charge in [0, 0.05) is 22.9 Å². The summed E-state index contributed by atoms with van der Waals surface area (Å²) in [6, 6.07) is 15.1. The van der Waals surface area contributed by atoms with Gasteiger partial charge in [-0.2, -0.15) is 0 Å². The number of fused-ring (bicyclic) bond motifs is 3. The second kappa shape index (κ2) is 9.49. The van der Waals surface area contributed by atoms with E-state index in [1.165, 1.54) is 0 Å². The molecule has 0 fully saturated rings. The summed E-state index contributed by atoms with van der Waals surface area (Å²) in [4.78, 5) is 12.8. The van der Waals surface area contributed by atoms with Crippen LogP contribution in [0.15, 0.2) is 57.7 Å². The molecule has 170 valence electrons. The molecule has 1 aromatic heterocycles. The average Bonchev–Trinajstić information content (AvgIpc) is 2.86. The van der Waals surface area contributed by atoms with E-state index >= 15 is 0 Å². The Morgan fingerprint density at radius 3 is 2.21 bits per heavy atom. The van der Waals surface area contributed by atoms with E-state index in [1.807, 2.05) is 30.3 Å². The molecular weight excluding hydrogens is 419 g/mol. The van der Waals surface area contributed by atoms with Crippen molar-refractivity contribution in [2.24, 2.45) is 0 Å². The van der Waals surface area contributed by atoms with Crippen LogP contribution in [0.2, 0.25) is 6.82 Å². The molecule has 33 heavy (non-hydrogen) atoms. The fraction of sp³-hybridized carbons (Fsp3) is 0.269. The molecule has 7 heteroatoms. The molecule has 4 aromatic rings. The Bertz CT molecular complexity index is 1340. The van der Waals surface area contributed by atoms with Crippen molar-refractivity contribution in [1.82, 2.24) is 0 Å². The van der Waals surface area contributed by atoms with Crippen LogP contribution in [-0.4, -0.2) is 28.6 Å². The Labute approximate surface area is 193 Å². The summed E-state index contributed by atoms with van der Waals surface area (Å²) < 4.78 is 28.0. The number of benzene rings is 3. The lowest BCUT2D eigenvalue weighted by Gasteiger charge is -2.14. The van der Waals surface area contributed by atoms with Crippen LogP contribution in [-0.2, 0) is 6.61 Å². The second-order valence-corrected chi connectivity index (χ2v) is 8.01. The van der Waals surface area contributed by atoms with Crippen LogP contribution in [0.4, 0.5) is 0 Å². The van der Waals surface area contributed by atoms with Gasteiger partial charge in [-0.1, -0.05) is 31.4 Å². The molecule has 6 nitrogen and oxygen atoms in total. The topological polar surface area (TPSA) is 67.1 Å². The summed E-state index contributed by atoms with van der Waals surface area (Å²) in [5, 5.41) is 2.20. The highest BCUT2D eigenvalue weighted by Gasteiger charge is 2.15. The van der Waals surface area contributed by atoms with E-state index in [1.54, 1.807) is 33.5 Å². The molecule has 0 spiro atoms. The Morgan fingerprint density at radius 2 is 1.58 bits per heavy atom. The Balaban J connectivity index is 1.74. The van der Waals surface area contributed by atoms with Crippen LogP contribution in [0.3, 0.4) is 0 Å². The van der Waals surface area contributed by atoms with Gasteiger partial charge < -0.3 is 23.4 Å². The lowest BCUT2D eigenvalue weighted by molar-refractivity contribution is 0.283. The SMILES string of the molecule is CBC(C)c1ccc2c(c1)c(=O)oc1cc(OCc3cc(OC)cc(OC)c3)c(OC)cc12. The van der Waals surface area contributed by atoms with Crippen molar-refractivity contribution in [3.8, 4) is 23.0 Å². The molecule has 0 aliphatic rings. The molecule has 0 aliphatic heterocycles. The zero-order valence-electron chi connectivity index (χ0n) is 19.6. The van der Waals surface area contributed by atoms with Gasteiger partial charge in [0.05, 0.1) is 26.7 Å². The molecular formula is C26H27BO6. The molecule has 0 bridgehead atoms. The molecule has 0 saturated heterocycles. The molecule has 0 N–H and O–H groups in total. The summed E-state index contributed by atoms with van der Waals surface area (Å²) in [5.41, 5.74) is 2.07. The summed E-state index contributed by atoms with van der Waals surface area (Å²) in [5.74, 6) is 2.74. The highest BCUT2D eigenvalue weighted by atomic mass is 16.5. The van der Waals surface area contributed by atoms with Crippen LogP contribution in [0.5, 0.6) is 23.0 Å². The number of hydrogen-bond donors (Lipinski definition) is 0. The Hall–Kier alpha value is -3.61. The monoisotopic (exact) mass is 446 g/mol. The Kier molecular flexibility index (Phi) is 6.49. The minimum absolute atomic E-state index is 0.255. The molecule has 4 rings (SSSR count). The quantitative estimate of drug-likeness (QED) is 0.213. The van der Waals surface area contributed by atoms with Gasteiger partial charge in [-0.05, 0) is 35.6 Å². The van der Waals surface area contributed by atoms with E-state index < -0.39 is 0 Å². The predicted molar refractivity (Wildman–Crippen MR) is 132 cm³/mol. The lowest BCUT2D eigenvalue weighted by Crippen LogP contribution is -2.05. The largest absolute Gasteiger partial charge is 0.497 e. The molecule has 0 aliphatic carbocycles. The number of rotatable bonds is 8. The van der Waals surface area contributed by atoms with Crippen molar-refractivity contribution in [1.29, 1.82) is 0 Å². The van der Waals surface area contributed by atoms with E-state index in [0.29, 0.717) is 39.8 Å². The molecule has 1 atom stereocenters. The van der Waals surface area contributed by atoms with Crippen molar-refractivity contribution < 1.29 is 23.4 Å². The van der Waals surface area contributed by atoms with Crippen molar-refractivity contribution in [2.45, 2.75) is 26.2 Å². The van der Waals surface area contributed by atoms with E-state index in [2.05, 4.69) is 19.8 Å². The minimum atomic E-state index is -0.365. The van der Waals surface area contributed by atoms with Crippen LogP contribution in [0.1, 0.15) is 23.9 Å². The first kappa shape index (κ1) is 22.6. The smallest absolute Gasteiger partial charge is 0.344 e. The van der Waals surface area contributed by atoms with Gasteiger partial charge in [0.2, 0.25) is 0 Å². The van der Waals surface area contributed by atoms with Gasteiger partial charge in [0.1, 0.15) is 31.0 Å². The zero-order chi connectivity index (χ0) is 23.5. The van der Waals surface area contributed by atoms with Crippen LogP contribution in [0, 0.1) is 0 Å². The van der Waals surface area contributed by atoms with E-state index in [0.717, 1.165) is 29.2 Å². The van der Waals surface area contributed by atoms with Crippen molar-refractivity contribution in [3.05, 3.63) is 70.1 Å². The summed E-state index contributed by atoms with van der Waals surface area (Å²) in [6.07, 6.45) is 0. The van der Waals surface area contributed by atoms with Gasteiger partial charge in [0.15, 0.2) is 11.5 Å². The van der Waals surface area contributed by atoms with Crippen LogP contribution < -0.4 is 24.6 Å². The normalized spacial score (nSPS) is 11.9. The molecule has 3 aromatic carbocycles. The molecule has 1 heterocycles. The zero-order valence-corrected chi connectivity index (χ0v) is 19.6. The van der Waals surface area contributed by atoms with Crippen LogP contribution in [0.25, 0.3) is 21.7 Å². The van der Waals surface area contributed by atoms with Crippen molar-refractivity contribution in [2.75, 3.05) is 21.3 Å². The van der Waals surface area contributed by atoms with E-state index in [9.17, 15) is 4.79 Å². The van der Waals surface area contributed by atoms with Crippen molar-refractivity contribution in [3.63, 3.8) is 0 Å². The number of methoxy groups -OCH3 is 3. The fourth-order valence-electron chi connectivity index (χ4n) is 3.88. The average molecular weight is 446 g/mol. The maximum absolute atomic E-state index is 12.8. The van der Waals surface area contributed by atoms with Crippen molar-refractivity contribution >= 4 is 29.0 Å². The first-order chi connectivity index (χ1) is 16.0. The predicted octanol–water partition coefficient (Wildman–Crippen LogP) is 5.10. The van der Waals surface area contributed by atoms with E-state index in [4.69, 9.17) is 23.4 Å². The molecule has 0 amide bonds. The summed E-state index contributed by atoms with van der Waals surface area (Å²) in [6.45, 7) is 4.53. The summed E-state index contributed by atoms with van der Waals surface area (Å²) in [7, 11) is 5.79. The van der Waals surface area contributed by atoms with E-state index in [-0.39, 0.29) is 12.2 Å². The number of ether oxygens (including phenoxy) is 4. The first-order valence-electron chi connectivity index (χ1n) is 10.9. The van der Waals surface area contributed by atoms with Crippen LogP contribution >= 0.6 is 0 Å². The third-order valence-electron chi connectivity index (χ3n) is 6.01. The fourth-order valence-corrected chi connectivity index (χ4v) is 3.88. The standard InChI is InChI=1S/C26H27BO6/c1-15(27-2)17-6-7-20-21-12-24(31-5)25(13-23(21)33-26(28)22(20)10-17)32-14-16-8-18(29-3)11-19(9-16)30-4/h6-13,15,27H,14H2,1-5H3. The summed E-state index contributed by atoms with van der Waals surface area (Å²) >= 11 is 0. The third kappa shape index (κ3) is 4.49. The highest BCUT2D eigenvalue weighted by Crippen LogP contribution is 2.36. The van der Waals surface area contributed by atoms with Gasteiger partial charge in [-0.15, -0.1) is 0 Å². The highest BCUT2D eigenvalue weighted by molar-refractivity contribution is 6.35.